The van der Waals surface area contributed by atoms with Crippen LogP contribution in [0.15, 0.2) is 115 Å². The van der Waals surface area contributed by atoms with Gasteiger partial charge in [-0.15, -0.1) is 0 Å². The van der Waals surface area contributed by atoms with Gasteiger partial charge in [0.25, 0.3) is 11.8 Å². The van der Waals surface area contributed by atoms with Crippen LogP contribution in [0.3, 0.4) is 0 Å². The van der Waals surface area contributed by atoms with Crippen LogP contribution in [0.2, 0.25) is 10.0 Å². The Hall–Kier alpha value is -5.66. The highest BCUT2D eigenvalue weighted by Gasteiger charge is 2.71. The van der Waals surface area contributed by atoms with Gasteiger partial charge >= 0.3 is 7.12 Å². The van der Waals surface area contributed by atoms with Crippen LogP contribution in [0, 0.1) is 23.7 Å². The SMILES string of the molecule is COc1ccc(C23C(=O)N(Nc4ccc(Cl)cc4Cl)C(=O)C2CC2C(=CCC4C(=O)N(c5cccc(B(O)O)c5)C(=O)C42)C3c2c(O)ccc3ccccc23)cc1. The number of nitrogens with one attached hydrogen (secondary N) is 1. The highest BCUT2D eigenvalue weighted by molar-refractivity contribution is 6.58. The Morgan fingerprint density at radius 2 is 1.61 bits per heavy atom. The van der Waals surface area contributed by atoms with Crippen LogP contribution in [0.25, 0.3) is 10.8 Å². The minimum Gasteiger partial charge on any atom is -0.508 e. The van der Waals surface area contributed by atoms with Crippen LogP contribution < -0.4 is 20.5 Å². The van der Waals surface area contributed by atoms with Crippen LogP contribution >= 0.6 is 23.2 Å². The smallest absolute Gasteiger partial charge is 0.488 e. The highest BCUT2D eigenvalue weighted by Crippen LogP contribution is 2.65. The first-order valence-electron chi connectivity index (χ1n) is 18.4. The molecule has 4 amide bonds. The molecule has 286 valence electrons. The number of benzene rings is 5. The van der Waals surface area contributed by atoms with Crippen LogP contribution in [-0.4, -0.2) is 58.0 Å². The summed E-state index contributed by atoms with van der Waals surface area (Å²) in [7, 11) is -0.296. The van der Waals surface area contributed by atoms with E-state index in [1.165, 1.54) is 31.4 Å². The standard InChI is InChI=1S/C43H34BCl2N3O8/c1-57-27-13-10-23(11-14-27)43-32(40(52)49(42(43)54)47-34-17-12-25(45)20-33(34)46)21-31-29(38(43)37-28-8-3-2-5-22(28)9-18-35(37)50)15-16-30-36(31)41(53)48(39(30)51)26-7-4-6-24(19-26)44(55)56/h2-15,17-20,30-32,36,38,47,50,55-56H,16,21H2,1H3. The van der Waals surface area contributed by atoms with E-state index in [1.807, 2.05) is 30.3 Å². The predicted molar refractivity (Wildman–Crippen MR) is 215 cm³/mol. The lowest BCUT2D eigenvalue weighted by atomic mass is 9.48. The Labute approximate surface area is 337 Å². The number of rotatable bonds is 7. The number of anilines is 2. The number of carbonyl (C=O) groups excluding carboxylic acids is 4. The second-order valence-electron chi connectivity index (χ2n) is 14.9. The van der Waals surface area contributed by atoms with Crippen molar-refractivity contribution >= 4 is 81.6 Å². The molecule has 2 saturated heterocycles. The Morgan fingerprint density at radius 3 is 2.35 bits per heavy atom. The van der Waals surface area contributed by atoms with Gasteiger partial charge in [0.1, 0.15) is 11.5 Å². The molecule has 4 aliphatic rings. The molecular weight excluding hydrogens is 768 g/mol. The van der Waals surface area contributed by atoms with Crippen molar-refractivity contribution in [3.8, 4) is 11.5 Å². The molecular formula is C43H34BCl2N3O8. The van der Waals surface area contributed by atoms with Crippen molar-refractivity contribution in [3.63, 3.8) is 0 Å². The predicted octanol–water partition coefficient (Wildman–Crippen LogP) is 5.73. The molecule has 14 heteroatoms. The maximum atomic E-state index is 15.6. The number of methoxy groups -OCH3 is 1. The molecule has 5 aromatic carbocycles. The summed E-state index contributed by atoms with van der Waals surface area (Å²) in [6.07, 6.45) is 2.07. The van der Waals surface area contributed by atoms with Gasteiger partial charge in [0.15, 0.2) is 0 Å². The number of phenolic OH excluding ortho intramolecular Hbond substituents is 1. The highest BCUT2D eigenvalue weighted by atomic mass is 35.5. The molecule has 6 atom stereocenters. The summed E-state index contributed by atoms with van der Waals surface area (Å²) in [6.45, 7) is 0. The van der Waals surface area contributed by atoms with Gasteiger partial charge in [0.2, 0.25) is 11.8 Å². The van der Waals surface area contributed by atoms with E-state index in [2.05, 4.69) is 5.43 Å². The van der Waals surface area contributed by atoms with Gasteiger partial charge in [-0.05, 0) is 89.1 Å². The Bertz CT molecular complexity index is 2570. The number of aromatic hydroxyl groups is 1. The first kappa shape index (κ1) is 37.0. The molecule has 2 aliphatic carbocycles. The summed E-state index contributed by atoms with van der Waals surface area (Å²) in [5.74, 6) is -6.24. The lowest BCUT2D eigenvalue weighted by Crippen LogP contribution is -2.53. The van der Waals surface area contributed by atoms with Crippen molar-refractivity contribution in [1.29, 1.82) is 0 Å². The number of carbonyl (C=O) groups is 4. The summed E-state index contributed by atoms with van der Waals surface area (Å²) >= 11 is 12.8. The number of fused-ring (bicyclic) bond motifs is 5. The van der Waals surface area contributed by atoms with Gasteiger partial charge in [0, 0.05) is 16.5 Å². The topological polar surface area (TPSA) is 157 Å². The average molecular weight is 802 g/mol. The fraction of sp³-hybridized carbons (Fsp3) is 0.209. The maximum absolute atomic E-state index is 15.6. The molecule has 6 unspecified atom stereocenters. The van der Waals surface area contributed by atoms with Gasteiger partial charge in [-0.2, -0.15) is 5.01 Å². The van der Waals surface area contributed by atoms with E-state index in [1.54, 1.807) is 54.6 Å². The molecule has 2 heterocycles. The molecule has 0 radical (unpaired) electrons. The maximum Gasteiger partial charge on any atom is 0.488 e. The van der Waals surface area contributed by atoms with Crippen molar-refractivity contribution in [2.75, 3.05) is 17.4 Å². The fourth-order valence-electron chi connectivity index (χ4n) is 9.82. The number of allylic oxidation sites excluding steroid dienone is 2. The van der Waals surface area contributed by atoms with Crippen molar-refractivity contribution in [1.82, 2.24) is 5.01 Å². The second-order valence-corrected chi connectivity index (χ2v) is 15.8. The van der Waals surface area contributed by atoms with Crippen molar-refractivity contribution in [2.24, 2.45) is 23.7 Å². The zero-order valence-electron chi connectivity index (χ0n) is 30.3. The summed E-state index contributed by atoms with van der Waals surface area (Å²) in [4.78, 5) is 60.8. The molecule has 0 aromatic heterocycles. The number of halogens is 2. The van der Waals surface area contributed by atoms with E-state index in [9.17, 15) is 24.7 Å². The van der Waals surface area contributed by atoms with Crippen LogP contribution in [0.5, 0.6) is 11.5 Å². The van der Waals surface area contributed by atoms with Crippen LogP contribution in [-0.2, 0) is 24.6 Å². The molecule has 5 aromatic rings. The van der Waals surface area contributed by atoms with E-state index in [0.717, 1.165) is 15.3 Å². The normalized spacial score (nSPS) is 25.3. The molecule has 4 N–H and O–H groups in total. The third-order valence-electron chi connectivity index (χ3n) is 12.2. The number of nitrogens with zero attached hydrogens (tertiary/aromatic N) is 2. The number of amides is 4. The number of hydrogen-bond acceptors (Lipinski definition) is 9. The van der Waals surface area contributed by atoms with E-state index >= 15 is 9.59 Å². The summed E-state index contributed by atoms with van der Waals surface area (Å²) in [6, 6.07) is 28.4. The average Bonchev–Trinajstić information content (AvgIpc) is 3.59. The zero-order chi connectivity index (χ0) is 39.9. The quantitative estimate of drug-likeness (QED) is 0.0918. The van der Waals surface area contributed by atoms with Crippen molar-refractivity contribution < 1.29 is 39.1 Å². The minimum atomic E-state index is -1.82. The first-order valence-corrected chi connectivity index (χ1v) is 19.2. The van der Waals surface area contributed by atoms with E-state index < -0.39 is 65.8 Å². The molecule has 1 saturated carbocycles. The van der Waals surface area contributed by atoms with Crippen molar-refractivity contribution in [3.05, 3.63) is 136 Å². The van der Waals surface area contributed by atoms with Crippen LogP contribution in [0.1, 0.15) is 29.9 Å². The van der Waals surface area contributed by atoms with Gasteiger partial charge in [-0.1, -0.05) is 89.4 Å². The first-order chi connectivity index (χ1) is 27.4. The summed E-state index contributed by atoms with van der Waals surface area (Å²) in [5.41, 5.74) is 3.43. The number of hydrogen-bond donors (Lipinski definition) is 4. The van der Waals surface area contributed by atoms with E-state index in [4.69, 9.17) is 27.9 Å². The van der Waals surface area contributed by atoms with Gasteiger partial charge < -0.3 is 19.9 Å². The van der Waals surface area contributed by atoms with E-state index in [-0.39, 0.29) is 40.5 Å². The van der Waals surface area contributed by atoms with Gasteiger partial charge in [-0.3, -0.25) is 29.5 Å². The third-order valence-corrected chi connectivity index (χ3v) is 12.8. The molecule has 0 spiro atoms. The van der Waals surface area contributed by atoms with E-state index in [0.29, 0.717) is 32.9 Å². The number of hydrazine groups is 1. The molecule has 9 rings (SSSR count). The third kappa shape index (κ3) is 5.49. The summed E-state index contributed by atoms with van der Waals surface area (Å²) in [5, 5.41) is 34.7. The Morgan fingerprint density at radius 1 is 0.842 bits per heavy atom. The molecule has 11 nitrogen and oxygen atoms in total. The number of imide groups is 2. The van der Waals surface area contributed by atoms with Gasteiger partial charge in [0.05, 0.1) is 46.7 Å². The largest absolute Gasteiger partial charge is 0.508 e. The Kier molecular flexibility index (Phi) is 8.93. The van der Waals surface area contributed by atoms with Crippen LogP contribution in [0.4, 0.5) is 11.4 Å². The second kappa shape index (κ2) is 13.8. The fourth-order valence-corrected chi connectivity index (χ4v) is 10.3. The van der Waals surface area contributed by atoms with Crippen molar-refractivity contribution in [2.45, 2.75) is 24.2 Å². The summed E-state index contributed by atoms with van der Waals surface area (Å²) < 4.78 is 5.49. The molecule has 0 bridgehead atoms. The van der Waals surface area contributed by atoms with Gasteiger partial charge in [-0.25, -0.2) is 0 Å². The lowest BCUT2D eigenvalue weighted by molar-refractivity contribution is -0.138. The lowest BCUT2D eigenvalue weighted by Gasteiger charge is -2.51. The number of ether oxygens (including phenoxy) is 1. The minimum absolute atomic E-state index is 0.0143. The number of phenols is 1. The monoisotopic (exact) mass is 801 g/mol. The molecule has 3 fully saturated rings. The zero-order valence-corrected chi connectivity index (χ0v) is 31.8. The Balaban J connectivity index is 1.28. The molecule has 2 aliphatic heterocycles. The molecule has 57 heavy (non-hydrogen) atoms.